The summed E-state index contributed by atoms with van der Waals surface area (Å²) in [5.41, 5.74) is 0.248. The van der Waals surface area contributed by atoms with Gasteiger partial charge in [-0.3, -0.25) is 9.99 Å². The second kappa shape index (κ2) is 1.94. The van der Waals surface area contributed by atoms with Crippen molar-refractivity contribution in [3.05, 3.63) is 0 Å². The van der Waals surface area contributed by atoms with Crippen molar-refractivity contribution in [3.63, 3.8) is 0 Å². The molecule has 0 amide bonds. The molecule has 0 spiro atoms. The standard InChI is InChI=1S/C5H13N2P/c1-5(2)6-4-8-7(5)3/h6,8H,4H2,1-3H3. The Kier molecular flexibility index (Phi) is 1.57. The summed E-state index contributed by atoms with van der Waals surface area (Å²) in [5.74, 6) is 0. The molecule has 0 saturated carbocycles. The van der Waals surface area contributed by atoms with Crippen LogP contribution in [-0.2, 0) is 0 Å². The van der Waals surface area contributed by atoms with E-state index in [9.17, 15) is 0 Å². The summed E-state index contributed by atoms with van der Waals surface area (Å²) < 4.78 is 2.34. The van der Waals surface area contributed by atoms with Gasteiger partial charge in [0.1, 0.15) is 0 Å². The van der Waals surface area contributed by atoms with Gasteiger partial charge >= 0.3 is 0 Å². The predicted octanol–water partition coefficient (Wildman–Crippen LogP) is 0.808. The van der Waals surface area contributed by atoms with Crippen LogP contribution in [0.4, 0.5) is 0 Å². The van der Waals surface area contributed by atoms with Gasteiger partial charge in [-0.1, -0.05) is 0 Å². The molecule has 1 saturated heterocycles. The van der Waals surface area contributed by atoms with E-state index in [1.807, 2.05) is 0 Å². The fourth-order valence-electron chi connectivity index (χ4n) is 0.691. The smallest absolute Gasteiger partial charge is 0.0687 e. The average molecular weight is 132 g/mol. The number of hydrogen-bond donors (Lipinski definition) is 1. The van der Waals surface area contributed by atoms with Gasteiger partial charge < -0.3 is 0 Å². The molecule has 0 aromatic rings. The molecule has 1 fully saturated rings. The van der Waals surface area contributed by atoms with Crippen LogP contribution in [0.15, 0.2) is 0 Å². The highest BCUT2D eigenvalue weighted by Crippen LogP contribution is 2.29. The van der Waals surface area contributed by atoms with Crippen molar-refractivity contribution in [2.45, 2.75) is 19.5 Å². The lowest BCUT2D eigenvalue weighted by molar-refractivity contribution is 0.263. The van der Waals surface area contributed by atoms with E-state index in [0.29, 0.717) is 0 Å². The van der Waals surface area contributed by atoms with E-state index in [1.165, 1.54) is 0 Å². The van der Waals surface area contributed by atoms with Crippen LogP contribution in [-0.4, -0.2) is 23.7 Å². The molecule has 8 heavy (non-hydrogen) atoms. The molecule has 1 aliphatic rings. The molecule has 0 bridgehead atoms. The minimum Gasteiger partial charge on any atom is -0.294 e. The second-order valence-electron chi connectivity index (χ2n) is 2.63. The molecule has 0 aromatic heterocycles. The number of rotatable bonds is 0. The monoisotopic (exact) mass is 132 g/mol. The minimum atomic E-state index is 0.248. The average Bonchev–Trinajstić information content (AvgIpc) is 1.86. The van der Waals surface area contributed by atoms with E-state index in [2.05, 4.69) is 30.9 Å². The molecule has 0 aromatic carbocycles. The molecule has 48 valence electrons. The van der Waals surface area contributed by atoms with E-state index < -0.39 is 0 Å². The van der Waals surface area contributed by atoms with E-state index in [1.54, 1.807) is 0 Å². The first-order valence-corrected chi connectivity index (χ1v) is 4.01. The normalized spacial score (nSPS) is 31.9. The van der Waals surface area contributed by atoms with Crippen molar-refractivity contribution in [1.82, 2.24) is 9.99 Å². The van der Waals surface area contributed by atoms with E-state index >= 15 is 0 Å². The van der Waals surface area contributed by atoms with E-state index in [4.69, 9.17) is 0 Å². The van der Waals surface area contributed by atoms with Crippen LogP contribution in [0.5, 0.6) is 0 Å². The highest BCUT2D eigenvalue weighted by Gasteiger charge is 2.27. The zero-order valence-corrected chi connectivity index (χ0v) is 6.65. The summed E-state index contributed by atoms with van der Waals surface area (Å²) in [7, 11) is 3.11. The van der Waals surface area contributed by atoms with Crippen LogP contribution >= 0.6 is 8.73 Å². The first-order chi connectivity index (χ1) is 3.63. The molecule has 1 unspecified atom stereocenters. The number of nitrogens with one attached hydrogen (secondary N) is 1. The zero-order valence-electron chi connectivity index (χ0n) is 5.65. The second-order valence-corrected chi connectivity index (χ2v) is 3.97. The summed E-state index contributed by atoms with van der Waals surface area (Å²) in [5, 5.41) is 3.38. The summed E-state index contributed by atoms with van der Waals surface area (Å²) in [4.78, 5) is 0. The first-order valence-electron chi connectivity index (χ1n) is 2.85. The van der Waals surface area contributed by atoms with Crippen LogP contribution in [0, 0.1) is 0 Å². The van der Waals surface area contributed by atoms with Crippen LogP contribution in [0.2, 0.25) is 0 Å². The van der Waals surface area contributed by atoms with Crippen LogP contribution in [0.1, 0.15) is 13.8 Å². The number of nitrogens with zero attached hydrogens (tertiary/aromatic N) is 1. The van der Waals surface area contributed by atoms with Gasteiger partial charge in [-0.05, 0) is 29.6 Å². The first kappa shape index (κ1) is 6.47. The lowest BCUT2D eigenvalue weighted by Gasteiger charge is -2.26. The minimum absolute atomic E-state index is 0.248. The third-order valence-electron chi connectivity index (χ3n) is 1.68. The number of hydrogen-bond acceptors (Lipinski definition) is 2. The van der Waals surface area contributed by atoms with Crippen molar-refractivity contribution in [1.29, 1.82) is 0 Å². The van der Waals surface area contributed by atoms with Crippen LogP contribution in [0.3, 0.4) is 0 Å². The molecular formula is C5H13N2P. The van der Waals surface area contributed by atoms with Gasteiger partial charge in [0, 0.05) is 6.29 Å². The highest BCUT2D eigenvalue weighted by molar-refractivity contribution is 7.35. The van der Waals surface area contributed by atoms with Crippen LogP contribution < -0.4 is 5.32 Å². The molecule has 1 heterocycles. The topological polar surface area (TPSA) is 15.3 Å². The lowest BCUT2D eigenvalue weighted by Crippen LogP contribution is -2.42. The van der Waals surface area contributed by atoms with Crippen molar-refractivity contribution >= 4 is 8.73 Å². The SMILES string of the molecule is CN1PCNC1(C)C. The molecule has 2 nitrogen and oxygen atoms in total. The quantitative estimate of drug-likeness (QED) is 0.490. The summed E-state index contributed by atoms with van der Waals surface area (Å²) in [6.45, 7) is 4.40. The van der Waals surface area contributed by atoms with E-state index in [0.717, 1.165) is 15.0 Å². The van der Waals surface area contributed by atoms with Crippen molar-refractivity contribution < 1.29 is 0 Å². The Hall–Kier alpha value is 0.350. The van der Waals surface area contributed by atoms with Gasteiger partial charge in [-0.2, -0.15) is 0 Å². The van der Waals surface area contributed by atoms with E-state index in [-0.39, 0.29) is 5.66 Å². The molecule has 1 N–H and O–H groups in total. The van der Waals surface area contributed by atoms with Gasteiger partial charge in [0.25, 0.3) is 0 Å². The van der Waals surface area contributed by atoms with Crippen LogP contribution in [0.25, 0.3) is 0 Å². The molecule has 0 radical (unpaired) electrons. The Labute approximate surface area is 52.5 Å². The molecule has 1 atom stereocenters. The molecular weight excluding hydrogens is 119 g/mol. The Morgan fingerprint density at radius 1 is 1.62 bits per heavy atom. The van der Waals surface area contributed by atoms with Crippen molar-refractivity contribution in [2.75, 3.05) is 13.3 Å². The lowest BCUT2D eigenvalue weighted by atomic mass is 10.2. The maximum atomic E-state index is 3.38. The van der Waals surface area contributed by atoms with Gasteiger partial charge in [0.05, 0.1) is 5.66 Å². The Balaban J connectivity index is 2.54. The van der Waals surface area contributed by atoms with Gasteiger partial charge in [0.2, 0.25) is 0 Å². The summed E-state index contributed by atoms with van der Waals surface area (Å²) in [6.07, 6.45) is 1.16. The Bertz CT molecular complexity index is 92.4. The third-order valence-corrected chi connectivity index (χ3v) is 3.04. The fourth-order valence-corrected chi connectivity index (χ4v) is 1.91. The van der Waals surface area contributed by atoms with Crippen molar-refractivity contribution in [2.24, 2.45) is 0 Å². The Morgan fingerprint density at radius 2 is 2.25 bits per heavy atom. The Morgan fingerprint density at radius 3 is 2.38 bits per heavy atom. The zero-order chi connectivity index (χ0) is 6.20. The van der Waals surface area contributed by atoms with Gasteiger partial charge in [-0.15, -0.1) is 0 Å². The van der Waals surface area contributed by atoms with Crippen molar-refractivity contribution in [3.8, 4) is 0 Å². The molecule has 1 rings (SSSR count). The third kappa shape index (κ3) is 1.02. The molecule has 1 aliphatic heterocycles. The van der Waals surface area contributed by atoms with Gasteiger partial charge in [0.15, 0.2) is 0 Å². The maximum absolute atomic E-state index is 3.38. The van der Waals surface area contributed by atoms with Gasteiger partial charge in [-0.25, -0.2) is 0 Å². The highest BCUT2D eigenvalue weighted by atomic mass is 31.1. The summed E-state index contributed by atoms with van der Waals surface area (Å²) >= 11 is 0. The summed E-state index contributed by atoms with van der Waals surface area (Å²) in [6, 6.07) is 0. The predicted molar refractivity (Wildman–Crippen MR) is 38.2 cm³/mol. The molecule has 0 aliphatic carbocycles. The molecule has 3 heteroatoms. The fraction of sp³-hybridized carbons (Fsp3) is 1.00. The largest absolute Gasteiger partial charge is 0.294 e. The maximum Gasteiger partial charge on any atom is 0.0687 e.